The number of methoxy groups -OCH3 is 2. The van der Waals surface area contributed by atoms with Crippen LogP contribution in [0.5, 0.6) is 0 Å². The minimum absolute atomic E-state index is 0.128. The van der Waals surface area contributed by atoms with Crippen LogP contribution >= 0.6 is 0 Å². The largest absolute Gasteiger partial charge is 0.396 e. The molecule has 0 spiro atoms. The quantitative estimate of drug-likeness (QED) is 0.713. The highest BCUT2D eigenvalue weighted by molar-refractivity contribution is 4.77. The molecule has 0 amide bonds. The molecule has 0 bridgehead atoms. The fourth-order valence-corrected chi connectivity index (χ4v) is 2.24. The summed E-state index contributed by atoms with van der Waals surface area (Å²) >= 11 is 0. The van der Waals surface area contributed by atoms with Crippen LogP contribution in [0.15, 0.2) is 0 Å². The molecule has 0 aliphatic carbocycles. The van der Waals surface area contributed by atoms with E-state index >= 15 is 0 Å². The summed E-state index contributed by atoms with van der Waals surface area (Å²) < 4.78 is 16.1. The molecule has 96 valence electrons. The third kappa shape index (κ3) is 3.70. The molecular formula is C12H24O4. The third-order valence-corrected chi connectivity index (χ3v) is 3.49. The summed E-state index contributed by atoms with van der Waals surface area (Å²) in [6, 6.07) is 0. The minimum Gasteiger partial charge on any atom is -0.396 e. The maximum absolute atomic E-state index is 9.10. The molecule has 0 radical (unpaired) electrons. The zero-order chi connectivity index (χ0) is 12.0. The predicted octanol–water partition coefficient (Wildman–Crippen LogP) is 1.07. The molecule has 0 unspecified atom stereocenters. The van der Waals surface area contributed by atoms with Gasteiger partial charge in [0.2, 0.25) is 0 Å². The molecule has 0 aromatic rings. The highest BCUT2D eigenvalue weighted by atomic mass is 16.5. The Morgan fingerprint density at radius 3 is 2.69 bits per heavy atom. The van der Waals surface area contributed by atoms with Gasteiger partial charge in [-0.05, 0) is 12.8 Å². The summed E-state index contributed by atoms with van der Waals surface area (Å²) in [6.45, 7) is 3.66. The van der Waals surface area contributed by atoms with Gasteiger partial charge in [-0.1, -0.05) is 6.92 Å². The van der Waals surface area contributed by atoms with Gasteiger partial charge in [0, 0.05) is 32.7 Å². The van der Waals surface area contributed by atoms with Crippen LogP contribution in [0.4, 0.5) is 0 Å². The van der Waals surface area contributed by atoms with E-state index < -0.39 is 0 Å². The van der Waals surface area contributed by atoms with Gasteiger partial charge in [0.25, 0.3) is 0 Å². The molecular weight excluding hydrogens is 208 g/mol. The van der Waals surface area contributed by atoms with E-state index in [4.69, 9.17) is 19.3 Å². The van der Waals surface area contributed by atoms with Crippen LogP contribution in [0, 0.1) is 11.8 Å². The minimum atomic E-state index is 0.128. The Bertz CT molecular complexity index is 184. The van der Waals surface area contributed by atoms with Crippen molar-refractivity contribution in [1.82, 2.24) is 0 Å². The van der Waals surface area contributed by atoms with E-state index in [9.17, 15) is 0 Å². The molecule has 16 heavy (non-hydrogen) atoms. The van der Waals surface area contributed by atoms with Gasteiger partial charge in [-0.15, -0.1) is 0 Å². The van der Waals surface area contributed by atoms with Crippen LogP contribution in [-0.4, -0.2) is 51.4 Å². The highest BCUT2D eigenvalue weighted by Gasteiger charge is 2.29. The average molecular weight is 232 g/mol. The summed E-state index contributed by atoms with van der Waals surface area (Å²) in [5.41, 5.74) is 0. The number of ether oxygens (including phenoxy) is 3. The molecule has 1 rings (SSSR count). The van der Waals surface area contributed by atoms with Gasteiger partial charge in [-0.3, -0.25) is 0 Å². The molecule has 1 N–H and O–H groups in total. The first-order valence-electron chi connectivity index (χ1n) is 5.97. The van der Waals surface area contributed by atoms with Crippen LogP contribution in [0.2, 0.25) is 0 Å². The third-order valence-electron chi connectivity index (χ3n) is 3.49. The van der Waals surface area contributed by atoms with Crippen LogP contribution in [-0.2, 0) is 14.2 Å². The second kappa shape index (κ2) is 7.22. The smallest absolute Gasteiger partial charge is 0.0854 e. The Morgan fingerprint density at radius 1 is 1.38 bits per heavy atom. The van der Waals surface area contributed by atoms with Crippen LogP contribution < -0.4 is 0 Å². The highest BCUT2D eigenvalue weighted by Crippen LogP contribution is 2.24. The van der Waals surface area contributed by atoms with Gasteiger partial charge in [0.1, 0.15) is 0 Å². The zero-order valence-electron chi connectivity index (χ0n) is 10.5. The fraction of sp³-hybridized carbons (Fsp3) is 1.00. The van der Waals surface area contributed by atoms with Crippen molar-refractivity contribution >= 4 is 0 Å². The van der Waals surface area contributed by atoms with Gasteiger partial charge in [-0.2, -0.15) is 0 Å². The first kappa shape index (κ1) is 13.9. The normalized spacial score (nSPS) is 29.2. The Morgan fingerprint density at radius 2 is 2.12 bits per heavy atom. The van der Waals surface area contributed by atoms with E-state index in [2.05, 4.69) is 0 Å². The lowest BCUT2D eigenvalue weighted by molar-refractivity contribution is 0.0164. The van der Waals surface area contributed by atoms with Crippen LogP contribution in [0.25, 0.3) is 0 Å². The van der Waals surface area contributed by atoms with E-state index in [1.54, 1.807) is 14.2 Å². The first-order chi connectivity index (χ1) is 7.72. The van der Waals surface area contributed by atoms with Crippen molar-refractivity contribution in [2.75, 3.05) is 34.0 Å². The average Bonchev–Trinajstić information content (AvgIpc) is 2.76. The second-order valence-corrected chi connectivity index (χ2v) is 4.58. The van der Waals surface area contributed by atoms with Crippen molar-refractivity contribution in [2.24, 2.45) is 11.8 Å². The molecule has 1 saturated heterocycles. The number of aliphatic hydroxyl groups excluding tert-OH is 1. The van der Waals surface area contributed by atoms with E-state index in [1.165, 1.54) is 0 Å². The summed E-state index contributed by atoms with van der Waals surface area (Å²) in [5, 5.41) is 9.10. The second-order valence-electron chi connectivity index (χ2n) is 4.58. The lowest BCUT2D eigenvalue weighted by atomic mass is 9.93. The summed E-state index contributed by atoms with van der Waals surface area (Å²) in [6.07, 6.45) is 2.33. The van der Waals surface area contributed by atoms with Crippen molar-refractivity contribution < 1.29 is 19.3 Å². The van der Waals surface area contributed by atoms with Gasteiger partial charge in [-0.25, -0.2) is 0 Å². The Hall–Kier alpha value is -0.160. The summed E-state index contributed by atoms with van der Waals surface area (Å²) in [4.78, 5) is 0. The maximum Gasteiger partial charge on any atom is 0.0854 e. The molecule has 0 aromatic heterocycles. The standard InChI is InChI=1S/C12H24O4/c1-9(6-13)11(14-2)5-4-10-7-16-8-12(10)15-3/h9-13H,4-8H2,1-3H3/t9-,10+,11-,12+/m0/s1. The van der Waals surface area contributed by atoms with E-state index in [-0.39, 0.29) is 24.7 Å². The monoisotopic (exact) mass is 232 g/mol. The van der Waals surface area contributed by atoms with Gasteiger partial charge in [0.05, 0.1) is 25.4 Å². The van der Waals surface area contributed by atoms with E-state index in [0.29, 0.717) is 12.5 Å². The number of aliphatic hydroxyl groups is 1. The Labute approximate surface area is 97.9 Å². The topological polar surface area (TPSA) is 47.9 Å². The number of rotatable bonds is 7. The predicted molar refractivity (Wildman–Crippen MR) is 61.4 cm³/mol. The Balaban J connectivity index is 2.31. The molecule has 0 aromatic carbocycles. The number of hydrogen-bond acceptors (Lipinski definition) is 4. The SMILES string of the molecule is CO[C@@H](CC[C@@H]1COC[C@H]1OC)[C@@H](C)CO. The van der Waals surface area contributed by atoms with E-state index in [0.717, 1.165) is 19.4 Å². The molecule has 4 atom stereocenters. The summed E-state index contributed by atoms with van der Waals surface area (Å²) in [7, 11) is 3.44. The van der Waals surface area contributed by atoms with Crippen LogP contribution in [0.1, 0.15) is 19.8 Å². The lowest BCUT2D eigenvalue weighted by Crippen LogP contribution is -2.27. The van der Waals surface area contributed by atoms with Gasteiger partial charge < -0.3 is 19.3 Å². The molecule has 1 aliphatic heterocycles. The molecule has 1 heterocycles. The maximum atomic E-state index is 9.10. The molecule has 4 nitrogen and oxygen atoms in total. The first-order valence-corrected chi connectivity index (χ1v) is 5.97. The van der Waals surface area contributed by atoms with Crippen molar-refractivity contribution in [3.05, 3.63) is 0 Å². The van der Waals surface area contributed by atoms with Crippen molar-refractivity contribution in [1.29, 1.82) is 0 Å². The van der Waals surface area contributed by atoms with Crippen molar-refractivity contribution in [3.8, 4) is 0 Å². The summed E-state index contributed by atoms with van der Waals surface area (Å²) in [5.74, 6) is 0.654. The zero-order valence-corrected chi connectivity index (χ0v) is 10.5. The Kier molecular flexibility index (Phi) is 6.28. The van der Waals surface area contributed by atoms with E-state index in [1.807, 2.05) is 6.92 Å². The fourth-order valence-electron chi connectivity index (χ4n) is 2.24. The van der Waals surface area contributed by atoms with Gasteiger partial charge in [0.15, 0.2) is 0 Å². The molecule has 4 heteroatoms. The van der Waals surface area contributed by atoms with Crippen LogP contribution in [0.3, 0.4) is 0 Å². The van der Waals surface area contributed by atoms with Crippen molar-refractivity contribution in [3.63, 3.8) is 0 Å². The molecule has 1 aliphatic rings. The number of hydrogen-bond donors (Lipinski definition) is 1. The molecule has 0 saturated carbocycles. The van der Waals surface area contributed by atoms with Crippen molar-refractivity contribution in [2.45, 2.75) is 32.0 Å². The molecule has 1 fully saturated rings. The van der Waals surface area contributed by atoms with Gasteiger partial charge >= 0.3 is 0 Å². The lowest BCUT2D eigenvalue weighted by Gasteiger charge is -2.23.